The zero-order chi connectivity index (χ0) is 12.4. The predicted molar refractivity (Wildman–Crippen MR) is 73.7 cm³/mol. The highest BCUT2D eigenvalue weighted by Crippen LogP contribution is 2.21. The molecule has 0 aromatic carbocycles. The van der Waals surface area contributed by atoms with E-state index in [1.165, 1.54) is 25.8 Å². The summed E-state index contributed by atoms with van der Waals surface area (Å²) in [4.78, 5) is 2.53. The van der Waals surface area contributed by atoms with Crippen molar-refractivity contribution in [3.63, 3.8) is 0 Å². The van der Waals surface area contributed by atoms with E-state index in [1.807, 2.05) is 0 Å². The molecular formula is C14H30N2. The lowest BCUT2D eigenvalue weighted by atomic mass is 9.92. The van der Waals surface area contributed by atoms with Gasteiger partial charge in [0.15, 0.2) is 0 Å². The van der Waals surface area contributed by atoms with Gasteiger partial charge in [-0.15, -0.1) is 0 Å². The van der Waals surface area contributed by atoms with Gasteiger partial charge in [0, 0.05) is 6.54 Å². The minimum Gasteiger partial charge on any atom is -0.328 e. The molecule has 0 rings (SSSR count). The second kappa shape index (κ2) is 8.77. The lowest BCUT2D eigenvalue weighted by Gasteiger charge is -2.40. The van der Waals surface area contributed by atoms with Gasteiger partial charge < -0.3 is 5.73 Å². The first kappa shape index (κ1) is 15.7. The molecular weight excluding hydrogens is 196 g/mol. The first-order valence-corrected chi connectivity index (χ1v) is 6.79. The summed E-state index contributed by atoms with van der Waals surface area (Å²) < 4.78 is 0. The number of rotatable bonds is 9. The van der Waals surface area contributed by atoms with Crippen LogP contribution in [-0.4, -0.2) is 30.1 Å². The number of nitrogens with two attached hydrogens (primary N) is 1. The molecule has 0 amide bonds. The third-order valence-electron chi connectivity index (χ3n) is 3.49. The molecule has 0 saturated carbocycles. The molecule has 0 bridgehead atoms. The maximum absolute atomic E-state index is 5.99. The molecule has 0 aromatic heterocycles. The predicted octanol–water partition coefficient (Wildman–Crippen LogP) is 3.18. The van der Waals surface area contributed by atoms with Gasteiger partial charge in [0.05, 0.1) is 5.54 Å². The molecule has 2 heteroatoms. The number of hydrogen-bond acceptors (Lipinski definition) is 2. The highest BCUT2D eigenvalue weighted by molar-refractivity contribution is 5.07. The van der Waals surface area contributed by atoms with Crippen LogP contribution in [0.15, 0.2) is 12.2 Å². The van der Waals surface area contributed by atoms with Crippen LogP contribution >= 0.6 is 0 Å². The molecule has 0 aliphatic rings. The van der Waals surface area contributed by atoms with E-state index in [2.05, 4.69) is 44.7 Å². The fourth-order valence-corrected chi connectivity index (χ4v) is 2.35. The van der Waals surface area contributed by atoms with Gasteiger partial charge in [-0.2, -0.15) is 0 Å². The van der Waals surface area contributed by atoms with Crippen molar-refractivity contribution in [1.82, 2.24) is 4.90 Å². The van der Waals surface area contributed by atoms with Crippen molar-refractivity contribution in [2.75, 3.05) is 19.6 Å². The van der Waals surface area contributed by atoms with Crippen LogP contribution < -0.4 is 5.73 Å². The van der Waals surface area contributed by atoms with Crippen LogP contribution in [0, 0.1) is 0 Å². The summed E-state index contributed by atoms with van der Waals surface area (Å²) in [5.41, 5.74) is 6.07. The minimum absolute atomic E-state index is 0.0806. The third kappa shape index (κ3) is 4.26. The van der Waals surface area contributed by atoms with Crippen LogP contribution in [-0.2, 0) is 0 Å². The standard InChI is InChI=1S/C14H30N2/c1-5-9-10-12-16(8-4)14(7-3,13-15)11-6-2/h6,11H,5,7-10,12-13,15H2,1-4H3. The highest BCUT2D eigenvalue weighted by Gasteiger charge is 2.29. The fourth-order valence-electron chi connectivity index (χ4n) is 2.35. The molecule has 0 fully saturated rings. The molecule has 0 aliphatic carbocycles. The van der Waals surface area contributed by atoms with Crippen molar-refractivity contribution >= 4 is 0 Å². The lowest BCUT2D eigenvalue weighted by Crippen LogP contribution is -2.52. The molecule has 16 heavy (non-hydrogen) atoms. The Kier molecular flexibility index (Phi) is 8.58. The average Bonchev–Trinajstić information content (AvgIpc) is 2.32. The minimum atomic E-state index is 0.0806. The molecule has 2 N–H and O–H groups in total. The molecule has 0 heterocycles. The van der Waals surface area contributed by atoms with Gasteiger partial charge >= 0.3 is 0 Å². The van der Waals surface area contributed by atoms with Gasteiger partial charge in [-0.3, -0.25) is 4.90 Å². The maximum Gasteiger partial charge on any atom is 0.0510 e. The molecule has 1 unspecified atom stereocenters. The number of likely N-dealkylation sites (N-methyl/N-ethyl adjacent to an activating group) is 1. The second-order valence-corrected chi connectivity index (χ2v) is 4.45. The van der Waals surface area contributed by atoms with Crippen molar-refractivity contribution in [1.29, 1.82) is 0 Å². The van der Waals surface area contributed by atoms with Crippen molar-refractivity contribution < 1.29 is 0 Å². The van der Waals surface area contributed by atoms with Crippen LogP contribution in [0.1, 0.15) is 53.4 Å². The summed E-state index contributed by atoms with van der Waals surface area (Å²) in [6, 6.07) is 0. The Bertz CT molecular complexity index is 183. The van der Waals surface area contributed by atoms with Crippen LogP contribution in [0.25, 0.3) is 0 Å². The number of hydrogen-bond donors (Lipinski definition) is 1. The zero-order valence-electron chi connectivity index (χ0n) is 11.6. The van der Waals surface area contributed by atoms with Gasteiger partial charge in [-0.25, -0.2) is 0 Å². The summed E-state index contributed by atoms with van der Waals surface area (Å²) in [5.74, 6) is 0. The van der Waals surface area contributed by atoms with Crippen molar-refractivity contribution in [2.24, 2.45) is 5.73 Å². The number of nitrogens with zero attached hydrogens (tertiary/aromatic N) is 1. The molecule has 0 aromatic rings. The molecule has 0 radical (unpaired) electrons. The van der Waals surface area contributed by atoms with Crippen molar-refractivity contribution in [2.45, 2.75) is 58.9 Å². The van der Waals surface area contributed by atoms with Gasteiger partial charge in [-0.05, 0) is 32.9 Å². The smallest absolute Gasteiger partial charge is 0.0510 e. The topological polar surface area (TPSA) is 29.3 Å². The van der Waals surface area contributed by atoms with E-state index < -0.39 is 0 Å². The summed E-state index contributed by atoms with van der Waals surface area (Å²) in [5, 5.41) is 0. The monoisotopic (exact) mass is 226 g/mol. The van der Waals surface area contributed by atoms with E-state index in [9.17, 15) is 0 Å². The maximum atomic E-state index is 5.99. The zero-order valence-corrected chi connectivity index (χ0v) is 11.6. The average molecular weight is 226 g/mol. The Morgan fingerprint density at radius 1 is 1.19 bits per heavy atom. The Balaban J connectivity index is 4.56. The number of unbranched alkanes of at least 4 members (excludes halogenated alkanes) is 2. The van der Waals surface area contributed by atoms with Gasteiger partial charge in [0.2, 0.25) is 0 Å². The molecule has 2 nitrogen and oxygen atoms in total. The van der Waals surface area contributed by atoms with Crippen molar-refractivity contribution in [3.8, 4) is 0 Å². The molecule has 0 spiro atoms. The van der Waals surface area contributed by atoms with E-state index in [0.717, 1.165) is 13.0 Å². The molecule has 0 saturated heterocycles. The first-order chi connectivity index (χ1) is 7.70. The van der Waals surface area contributed by atoms with Crippen LogP contribution in [0.3, 0.4) is 0 Å². The van der Waals surface area contributed by atoms with E-state index in [1.54, 1.807) is 0 Å². The summed E-state index contributed by atoms with van der Waals surface area (Å²) in [6.07, 6.45) is 9.39. The van der Waals surface area contributed by atoms with E-state index >= 15 is 0 Å². The van der Waals surface area contributed by atoms with E-state index in [4.69, 9.17) is 5.73 Å². The number of allylic oxidation sites excluding steroid dienone is 1. The van der Waals surface area contributed by atoms with E-state index in [-0.39, 0.29) is 5.54 Å². The molecule has 96 valence electrons. The van der Waals surface area contributed by atoms with Gasteiger partial charge in [0.1, 0.15) is 0 Å². The van der Waals surface area contributed by atoms with Crippen LogP contribution in [0.4, 0.5) is 0 Å². The summed E-state index contributed by atoms with van der Waals surface area (Å²) in [7, 11) is 0. The summed E-state index contributed by atoms with van der Waals surface area (Å²) in [6.45, 7) is 11.8. The highest BCUT2D eigenvalue weighted by atomic mass is 15.2. The fraction of sp³-hybridized carbons (Fsp3) is 0.857. The van der Waals surface area contributed by atoms with Gasteiger partial charge in [-0.1, -0.05) is 45.8 Å². The molecule has 0 aliphatic heterocycles. The first-order valence-electron chi connectivity index (χ1n) is 6.79. The lowest BCUT2D eigenvalue weighted by molar-refractivity contribution is 0.136. The van der Waals surface area contributed by atoms with Gasteiger partial charge in [0.25, 0.3) is 0 Å². The third-order valence-corrected chi connectivity index (χ3v) is 3.49. The van der Waals surface area contributed by atoms with Crippen molar-refractivity contribution in [3.05, 3.63) is 12.2 Å². The quantitative estimate of drug-likeness (QED) is 0.483. The SMILES string of the molecule is CC=CC(CC)(CN)N(CC)CCCCC. The summed E-state index contributed by atoms with van der Waals surface area (Å²) >= 11 is 0. The van der Waals surface area contributed by atoms with Crippen LogP contribution in [0.5, 0.6) is 0 Å². The normalized spacial score (nSPS) is 15.9. The van der Waals surface area contributed by atoms with Crippen LogP contribution in [0.2, 0.25) is 0 Å². The second-order valence-electron chi connectivity index (χ2n) is 4.45. The van der Waals surface area contributed by atoms with E-state index in [0.29, 0.717) is 6.54 Å². The Hall–Kier alpha value is -0.340. The molecule has 1 atom stereocenters. The Morgan fingerprint density at radius 3 is 2.25 bits per heavy atom. The Labute approximate surface area is 102 Å². The Morgan fingerprint density at radius 2 is 1.88 bits per heavy atom. The largest absolute Gasteiger partial charge is 0.328 e.